The van der Waals surface area contributed by atoms with Crippen LogP contribution in [0.5, 0.6) is 0 Å². The molecule has 1 aromatic rings. The van der Waals surface area contributed by atoms with Crippen molar-refractivity contribution in [3.8, 4) is 0 Å². The maximum atomic E-state index is 5.68. The molecule has 0 fully saturated rings. The van der Waals surface area contributed by atoms with E-state index in [9.17, 15) is 0 Å². The zero-order chi connectivity index (χ0) is 10.4. The quantitative estimate of drug-likeness (QED) is 0.775. The summed E-state index contributed by atoms with van der Waals surface area (Å²) in [6, 6.07) is 1.99. The first-order chi connectivity index (χ1) is 6.83. The van der Waals surface area contributed by atoms with E-state index in [1.807, 2.05) is 12.3 Å². The summed E-state index contributed by atoms with van der Waals surface area (Å²) in [6.45, 7) is 6.99. The summed E-state index contributed by atoms with van der Waals surface area (Å²) in [5.41, 5.74) is 8.04. The first-order valence-corrected chi connectivity index (χ1v) is 5.21. The lowest BCUT2D eigenvalue weighted by atomic mass is 10.2. The van der Waals surface area contributed by atoms with Crippen LogP contribution in [-0.2, 0) is 6.54 Å². The van der Waals surface area contributed by atoms with E-state index in [4.69, 9.17) is 5.73 Å². The highest BCUT2D eigenvalue weighted by atomic mass is 15.1. The molecule has 0 aliphatic carbocycles. The van der Waals surface area contributed by atoms with Crippen molar-refractivity contribution in [1.82, 2.24) is 4.98 Å². The van der Waals surface area contributed by atoms with Crippen molar-refractivity contribution in [1.29, 1.82) is 0 Å². The van der Waals surface area contributed by atoms with E-state index in [0.717, 1.165) is 19.5 Å². The predicted molar refractivity (Wildman–Crippen MR) is 60.3 cm³/mol. The normalized spacial score (nSPS) is 10.2. The molecule has 0 unspecified atom stereocenters. The minimum absolute atomic E-state index is 0.581. The van der Waals surface area contributed by atoms with Gasteiger partial charge in [0, 0.05) is 25.8 Å². The lowest BCUT2D eigenvalue weighted by Gasteiger charge is -2.24. The molecule has 0 aliphatic heterocycles. The van der Waals surface area contributed by atoms with Crippen molar-refractivity contribution in [2.24, 2.45) is 5.73 Å². The molecule has 0 bridgehead atoms. The third-order valence-electron chi connectivity index (χ3n) is 2.32. The molecule has 3 heteroatoms. The molecule has 2 N–H and O–H groups in total. The van der Waals surface area contributed by atoms with Crippen molar-refractivity contribution in [3.63, 3.8) is 0 Å². The van der Waals surface area contributed by atoms with E-state index in [2.05, 4.69) is 23.7 Å². The Balaban J connectivity index is 2.90. The largest absolute Gasteiger partial charge is 0.370 e. The second-order valence-electron chi connectivity index (χ2n) is 3.29. The Bertz CT molecular complexity index is 273. The summed E-state index contributed by atoms with van der Waals surface area (Å²) in [5.74, 6) is 0. The Kier molecular flexibility index (Phi) is 4.40. The highest BCUT2D eigenvalue weighted by Gasteiger charge is 2.07. The zero-order valence-electron chi connectivity index (χ0n) is 9.03. The van der Waals surface area contributed by atoms with E-state index in [1.165, 1.54) is 11.3 Å². The fourth-order valence-corrected chi connectivity index (χ4v) is 1.59. The van der Waals surface area contributed by atoms with Gasteiger partial charge in [-0.25, -0.2) is 0 Å². The first-order valence-electron chi connectivity index (χ1n) is 5.21. The predicted octanol–water partition coefficient (Wildman–Crippen LogP) is 1.78. The van der Waals surface area contributed by atoms with E-state index in [0.29, 0.717) is 6.54 Å². The molecule has 0 atom stereocenters. The molecule has 0 saturated heterocycles. The smallest absolute Gasteiger partial charge is 0.0598 e. The molecule has 0 aromatic carbocycles. The van der Waals surface area contributed by atoms with Crippen molar-refractivity contribution in [2.75, 3.05) is 18.0 Å². The van der Waals surface area contributed by atoms with Gasteiger partial charge in [0.25, 0.3) is 0 Å². The molecule has 0 radical (unpaired) electrons. The van der Waals surface area contributed by atoms with Gasteiger partial charge in [-0.3, -0.25) is 4.98 Å². The summed E-state index contributed by atoms with van der Waals surface area (Å²) in [5, 5.41) is 0. The van der Waals surface area contributed by atoms with Gasteiger partial charge in [-0.2, -0.15) is 0 Å². The van der Waals surface area contributed by atoms with Crippen LogP contribution in [0.2, 0.25) is 0 Å². The summed E-state index contributed by atoms with van der Waals surface area (Å²) in [7, 11) is 0. The van der Waals surface area contributed by atoms with Crippen LogP contribution in [0, 0.1) is 0 Å². The number of nitrogens with two attached hydrogens (primary N) is 1. The number of rotatable bonds is 5. The average molecular weight is 193 g/mol. The molecule has 3 nitrogen and oxygen atoms in total. The number of nitrogens with zero attached hydrogens (tertiary/aromatic N) is 2. The number of hydrogen-bond donors (Lipinski definition) is 1. The SMILES string of the molecule is CCCN(CC)c1cnccc1CN. The number of hydrogen-bond acceptors (Lipinski definition) is 3. The lowest BCUT2D eigenvalue weighted by Crippen LogP contribution is -2.25. The van der Waals surface area contributed by atoms with Gasteiger partial charge >= 0.3 is 0 Å². The van der Waals surface area contributed by atoms with Crippen LogP contribution in [0.1, 0.15) is 25.8 Å². The molecule has 1 heterocycles. The molecule has 1 aromatic heterocycles. The fourth-order valence-electron chi connectivity index (χ4n) is 1.59. The molecular weight excluding hydrogens is 174 g/mol. The Morgan fingerprint density at radius 2 is 2.21 bits per heavy atom. The maximum absolute atomic E-state index is 5.68. The van der Waals surface area contributed by atoms with Crippen LogP contribution < -0.4 is 10.6 Å². The average Bonchev–Trinajstić information content (AvgIpc) is 2.26. The molecule has 1 rings (SSSR count). The molecule has 14 heavy (non-hydrogen) atoms. The monoisotopic (exact) mass is 193 g/mol. The summed E-state index contributed by atoms with van der Waals surface area (Å²) >= 11 is 0. The van der Waals surface area contributed by atoms with E-state index in [-0.39, 0.29) is 0 Å². The van der Waals surface area contributed by atoms with Crippen molar-refractivity contribution in [2.45, 2.75) is 26.8 Å². The van der Waals surface area contributed by atoms with E-state index < -0.39 is 0 Å². The Morgan fingerprint density at radius 3 is 2.79 bits per heavy atom. The topological polar surface area (TPSA) is 42.2 Å². The highest BCUT2D eigenvalue weighted by molar-refractivity contribution is 5.51. The summed E-state index contributed by atoms with van der Waals surface area (Å²) < 4.78 is 0. The van der Waals surface area contributed by atoms with Gasteiger partial charge in [-0.1, -0.05) is 6.92 Å². The van der Waals surface area contributed by atoms with E-state index in [1.54, 1.807) is 6.20 Å². The Hall–Kier alpha value is -1.09. The second-order valence-corrected chi connectivity index (χ2v) is 3.29. The number of pyridine rings is 1. The molecule has 0 saturated carbocycles. The van der Waals surface area contributed by atoms with Gasteiger partial charge in [0.15, 0.2) is 0 Å². The van der Waals surface area contributed by atoms with Gasteiger partial charge in [0.2, 0.25) is 0 Å². The standard InChI is InChI=1S/C11H19N3/c1-3-7-14(4-2)11-9-13-6-5-10(11)8-12/h5-6,9H,3-4,7-8,12H2,1-2H3. The maximum Gasteiger partial charge on any atom is 0.0598 e. The molecule has 0 aliphatic rings. The van der Waals surface area contributed by atoms with Crippen LogP contribution in [0.25, 0.3) is 0 Å². The highest BCUT2D eigenvalue weighted by Crippen LogP contribution is 2.18. The summed E-state index contributed by atoms with van der Waals surface area (Å²) in [6.07, 6.45) is 4.85. The second kappa shape index (κ2) is 5.60. The minimum Gasteiger partial charge on any atom is -0.370 e. The van der Waals surface area contributed by atoms with Crippen LogP contribution in [-0.4, -0.2) is 18.1 Å². The van der Waals surface area contributed by atoms with Gasteiger partial charge < -0.3 is 10.6 Å². The van der Waals surface area contributed by atoms with Crippen molar-refractivity contribution >= 4 is 5.69 Å². The molecular formula is C11H19N3. The lowest BCUT2D eigenvalue weighted by molar-refractivity contribution is 0.782. The van der Waals surface area contributed by atoms with Crippen LogP contribution in [0.4, 0.5) is 5.69 Å². The third kappa shape index (κ3) is 2.45. The zero-order valence-corrected chi connectivity index (χ0v) is 9.03. The van der Waals surface area contributed by atoms with Gasteiger partial charge in [-0.15, -0.1) is 0 Å². The van der Waals surface area contributed by atoms with Gasteiger partial charge in [0.05, 0.1) is 11.9 Å². The third-order valence-corrected chi connectivity index (χ3v) is 2.32. The number of aromatic nitrogens is 1. The van der Waals surface area contributed by atoms with Crippen LogP contribution >= 0.6 is 0 Å². The first kappa shape index (κ1) is 11.0. The van der Waals surface area contributed by atoms with Crippen LogP contribution in [0.15, 0.2) is 18.5 Å². The van der Waals surface area contributed by atoms with Crippen LogP contribution in [0.3, 0.4) is 0 Å². The number of anilines is 1. The Labute approximate surface area is 85.9 Å². The van der Waals surface area contributed by atoms with Gasteiger partial charge in [0.1, 0.15) is 0 Å². The van der Waals surface area contributed by atoms with E-state index >= 15 is 0 Å². The Morgan fingerprint density at radius 1 is 1.43 bits per heavy atom. The van der Waals surface area contributed by atoms with Crippen molar-refractivity contribution < 1.29 is 0 Å². The molecule has 0 spiro atoms. The fraction of sp³-hybridized carbons (Fsp3) is 0.545. The minimum atomic E-state index is 0.581. The van der Waals surface area contributed by atoms with Gasteiger partial charge in [-0.05, 0) is 25.0 Å². The molecule has 78 valence electrons. The summed E-state index contributed by atoms with van der Waals surface area (Å²) in [4.78, 5) is 6.46. The van der Waals surface area contributed by atoms with Crippen molar-refractivity contribution in [3.05, 3.63) is 24.0 Å². The molecule has 0 amide bonds.